The Morgan fingerprint density at radius 2 is 1.62 bits per heavy atom. The van der Waals surface area contributed by atoms with Crippen LogP contribution in [0.15, 0.2) is 24.3 Å². The monoisotopic (exact) mass is 314 g/mol. The zero-order valence-corrected chi connectivity index (χ0v) is 14.7. The second-order valence-corrected chi connectivity index (χ2v) is 9.91. The van der Waals surface area contributed by atoms with Gasteiger partial charge in [0.15, 0.2) is 14.6 Å². The fourth-order valence-electron chi connectivity index (χ4n) is 1.57. The minimum atomic E-state index is -1.99. The second kappa shape index (κ2) is 8.79. The van der Waals surface area contributed by atoms with Gasteiger partial charge in [0.05, 0.1) is 6.61 Å². The molecule has 0 N–H and O–H groups in total. The molecule has 0 aliphatic rings. The summed E-state index contributed by atoms with van der Waals surface area (Å²) in [6, 6.07) is 0.797. The van der Waals surface area contributed by atoms with Gasteiger partial charge in [-0.25, -0.2) is 9.59 Å². The molecule has 0 aromatic heterocycles. The molecular weight excluding hydrogens is 288 g/mol. The van der Waals surface area contributed by atoms with E-state index in [1.165, 1.54) is 0 Å². The van der Waals surface area contributed by atoms with Gasteiger partial charge >= 0.3 is 11.9 Å². The van der Waals surface area contributed by atoms with Gasteiger partial charge in [-0.05, 0) is 46.3 Å². The van der Waals surface area contributed by atoms with Crippen molar-refractivity contribution in [1.82, 2.24) is 0 Å². The number of hydrogen-bond acceptors (Lipinski definition) is 5. The zero-order chi connectivity index (χ0) is 16.6. The van der Waals surface area contributed by atoms with Crippen LogP contribution in [0.4, 0.5) is 0 Å². The molecule has 0 spiro atoms. The largest absolute Gasteiger partial charge is 0.462 e. The summed E-state index contributed by atoms with van der Waals surface area (Å²) in [6.07, 6.45) is 0.105. The molecule has 0 radical (unpaired) electrons. The highest BCUT2D eigenvalue weighted by Crippen LogP contribution is 2.17. The van der Waals surface area contributed by atoms with Gasteiger partial charge in [-0.3, -0.25) is 0 Å². The van der Waals surface area contributed by atoms with E-state index in [1.54, 1.807) is 20.8 Å². The summed E-state index contributed by atoms with van der Waals surface area (Å²) in [5, 5.41) is 0. The quantitative estimate of drug-likeness (QED) is 0.215. The molecule has 0 heterocycles. The summed E-state index contributed by atoms with van der Waals surface area (Å²) in [4.78, 5) is 22.6. The predicted molar refractivity (Wildman–Crippen MR) is 84.1 cm³/mol. The Morgan fingerprint density at radius 1 is 1.10 bits per heavy atom. The van der Waals surface area contributed by atoms with Crippen LogP contribution >= 0.6 is 0 Å². The highest BCUT2D eigenvalue weighted by atomic mass is 28.4. The van der Waals surface area contributed by atoms with Crippen LogP contribution in [0.1, 0.15) is 27.2 Å². The molecule has 0 rings (SSSR count). The SMILES string of the molecule is C=C(C)C(=O)OCCC[Si](C)(C)OC(C)OC(=O)C(=C)C. The molecule has 0 aromatic rings. The first-order valence-electron chi connectivity index (χ1n) is 6.92. The van der Waals surface area contributed by atoms with Crippen LogP contribution in [0.5, 0.6) is 0 Å². The van der Waals surface area contributed by atoms with E-state index < -0.39 is 20.6 Å². The molecule has 0 saturated carbocycles. The summed E-state index contributed by atoms with van der Waals surface area (Å²) in [5.41, 5.74) is 0.736. The summed E-state index contributed by atoms with van der Waals surface area (Å²) in [6.45, 7) is 16.3. The van der Waals surface area contributed by atoms with E-state index in [1.807, 2.05) is 13.1 Å². The Balaban J connectivity index is 4.08. The third-order valence-electron chi connectivity index (χ3n) is 2.61. The van der Waals surface area contributed by atoms with Crippen LogP contribution in [-0.2, 0) is 23.5 Å². The molecule has 6 heteroatoms. The van der Waals surface area contributed by atoms with E-state index >= 15 is 0 Å². The first-order chi connectivity index (χ1) is 9.55. The standard InChI is InChI=1S/C15H26O5Si/c1-11(2)14(16)18-9-8-10-21(6,7)20-13(5)19-15(17)12(3)4/h13H,1,3,8-10H2,2,4-7H3. The molecule has 5 nitrogen and oxygen atoms in total. The average molecular weight is 314 g/mol. The Labute approximate surface area is 128 Å². The summed E-state index contributed by atoms with van der Waals surface area (Å²) < 4.78 is 15.9. The lowest BCUT2D eigenvalue weighted by Crippen LogP contribution is -2.36. The third kappa shape index (κ3) is 9.20. The first-order valence-corrected chi connectivity index (χ1v) is 10.0. The number of ether oxygens (including phenoxy) is 2. The molecule has 0 aliphatic carbocycles. The lowest BCUT2D eigenvalue weighted by atomic mass is 10.4. The fraction of sp³-hybridized carbons (Fsp3) is 0.600. The summed E-state index contributed by atoms with van der Waals surface area (Å²) >= 11 is 0. The van der Waals surface area contributed by atoms with Crippen molar-refractivity contribution in [3.05, 3.63) is 24.3 Å². The van der Waals surface area contributed by atoms with Gasteiger partial charge in [0.1, 0.15) is 0 Å². The second-order valence-electron chi connectivity index (χ2n) is 5.65. The van der Waals surface area contributed by atoms with Crippen molar-refractivity contribution in [3.8, 4) is 0 Å². The van der Waals surface area contributed by atoms with Crippen LogP contribution < -0.4 is 0 Å². The van der Waals surface area contributed by atoms with E-state index in [0.717, 1.165) is 6.04 Å². The lowest BCUT2D eigenvalue weighted by molar-refractivity contribution is -0.157. The third-order valence-corrected chi connectivity index (χ3v) is 5.14. The van der Waals surface area contributed by atoms with Crippen LogP contribution in [0, 0.1) is 0 Å². The van der Waals surface area contributed by atoms with Crippen LogP contribution in [-0.4, -0.2) is 33.2 Å². The molecule has 21 heavy (non-hydrogen) atoms. The summed E-state index contributed by atoms with van der Waals surface area (Å²) in [5.74, 6) is -0.832. The predicted octanol–water partition coefficient (Wildman–Crippen LogP) is 3.18. The Bertz CT molecular complexity index is 414. The molecule has 0 aromatic carbocycles. The van der Waals surface area contributed by atoms with Gasteiger partial charge in [0.2, 0.25) is 0 Å². The van der Waals surface area contributed by atoms with Crippen molar-refractivity contribution >= 4 is 20.3 Å². The van der Waals surface area contributed by atoms with Crippen LogP contribution in [0.2, 0.25) is 19.1 Å². The molecule has 0 amide bonds. The summed E-state index contributed by atoms with van der Waals surface area (Å²) in [7, 11) is -1.99. The van der Waals surface area contributed by atoms with Crippen molar-refractivity contribution in [3.63, 3.8) is 0 Å². The average Bonchev–Trinajstić information content (AvgIpc) is 2.32. The van der Waals surface area contributed by atoms with Crippen LogP contribution in [0.25, 0.3) is 0 Å². The van der Waals surface area contributed by atoms with Crippen molar-refractivity contribution in [2.45, 2.75) is 52.6 Å². The molecule has 120 valence electrons. The van der Waals surface area contributed by atoms with E-state index in [0.29, 0.717) is 24.2 Å². The zero-order valence-electron chi connectivity index (χ0n) is 13.7. The van der Waals surface area contributed by atoms with Crippen molar-refractivity contribution in [2.24, 2.45) is 0 Å². The van der Waals surface area contributed by atoms with Gasteiger partial charge in [-0.15, -0.1) is 0 Å². The molecule has 1 unspecified atom stereocenters. The maximum atomic E-state index is 11.4. The number of esters is 2. The van der Waals surface area contributed by atoms with Gasteiger partial charge in [-0.2, -0.15) is 0 Å². The maximum Gasteiger partial charge on any atom is 0.335 e. The Hall–Kier alpha value is -1.40. The topological polar surface area (TPSA) is 61.8 Å². The van der Waals surface area contributed by atoms with E-state index in [4.69, 9.17) is 13.9 Å². The highest BCUT2D eigenvalue weighted by Gasteiger charge is 2.26. The maximum absolute atomic E-state index is 11.4. The highest BCUT2D eigenvalue weighted by molar-refractivity contribution is 6.71. The Kier molecular flexibility index (Phi) is 8.20. The lowest BCUT2D eigenvalue weighted by Gasteiger charge is -2.27. The molecule has 0 bridgehead atoms. The smallest absolute Gasteiger partial charge is 0.335 e. The minimum Gasteiger partial charge on any atom is -0.462 e. The number of rotatable bonds is 9. The fourth-order valence-corrected chi connectivity index (χ4v) is 3.63. The molecule has 0 fully saturated rings. The van der Waals surface area contributed by atoms with E-state index in [2.05, 4.69) is 13.2 Å². The van der Waals surface area contributed by atoms with Gasteiger partial charge in [0.25, 0.3) is 0 Å². The van der Waals surface area contributed by atoms with Gasteiger partial charge in [-0.1, -0.05) is 13.2 Å². The molecule has 0 aliphatic heterocycles. The van der Waals surface area contributed by atoms with Crippen molar-refractivity contribution in [1.29, 1.82) is 0 Å². The molecular formula is C15H26O5Si. The van der Waals surface area contributed by atoms with Gasteiger partial charge in [0, 0.05) is 11.1 Å². The molecule has 1 atom stereocenters. The number of hydrogen-bond donors (Lipinski definition) is 0. The van der Waals surface area contributed by atoms with Gasteiger partial charge < -0.3 is 13.9 Å². The van der Waals surface area contributed by atoms with E-state index in [9.17, 15) is 9.59 Å². The van der Waals surface area contributed by atoms with Crippen molar-refractivity contribution in [2.75, 3.05) is 6.61 Å². The minimum absolute atomic E-state index is 0.339. The van der Waals surface area contributed by atoms with Crippen molar-refractivity contribution < 1.29 is 23.5 Å². The number of carbonyl (C=O) groups excluding carboxylic acids is 2. The first kappa shape index (κ1) is 19.6. The Morgan fingerprint density at radius 3 is 2.10 bits per heavy atom. The van der Waals surface area contributed by atoms with Crippen LogP contribution in [0.3, 0.4) is 0 Å². The van der Waals surface area contributed by atoms with E-state index in [-0.39, 0.29) is 5.97 Å². The molecule has 0 saturated heterocycles. The number of carbonyl (C=O) groups is 2. The normalized spacial score (nSPS) is 12.4.